The molecule has 3 amide bonds. The maximum Gasteiger partial charge on any atom is 0.317 e. The van der Waals surface area contributed by atoms with E-state index in [0.29, 0.717) is 30.4 Å². The van der Waals surface area contributed by atoms with Crippen molar-refractivity contribution in [1.29, 1.82) is 0 Å². The first-order chi connectivity index (χ1) is 12.6. The Bertz CT molecular complexity index is 763. The third-order valence-corrected chi connectivity index (χ3v) is 4.12. The largest absolute Gasteiger partial charge is 0.341 e. The van der Waals surface area contributed by atoms with Crippen molar-refractivity contribution < 1.29 is 14.1 Å². The number of rotatable bonds is 6. The first-order valence-electron chi connectivity index (χ1n) is 8.60. The molecular weight excluding hydrogens is 336 g/mol. The second kappa shape index (κ2) is 7.94. The van der Waals surface area contributed by atoms with Crippen LogP contribution in [0.4, 0.5) is 4.79 Å². The fraction of sp³-hybridized carbons (Fsp3) is 0.471. The minimum atomic E-state index is -0.279. The van der Waals surface area contributed by atoms with Crippen LogP contribution < -0.4 is 5.32 Å². The molecule has 0 aromatic carbocycles. The van der Waals surface area contributed by atoms with Crippen LogP contribution in [0.25, 0.3) is 11.5 Å². The molecule has 26 heavy (non-hydrogen) atoms. The van der Waals surface area contributed by atoms with Gasteiger partial charge in [-0.2, -0.15) is 4.98 Å². The SMILES string of the molecule is CCCN1C[C@H](NC(=O)N(C)Cc2nc(-c3ccccn3)no2)CC1=O. The summed E-state index contributed by atoms with van der Waals surface area (Å²) in [6.45, 7) is 3.47. The van der Waals surface area contributed by atoms with E-state index in [4.69, 9.17) is 4.52 Å². The molecule has 0 radical (unpaired) electrons. The monoisotopic (exact) mass is 358 g/mol. The lowest BCUT2D eigenvalue weighted by molar-refractivity contribution is -0.127. The molecule has 9 nitrogen and oxygen atoms in total. The Labute approximate surface area is 151 Å². The van der Waals surface area contributed by atoms with Gasteiger partial charge in [0.15, 0.2) is 0 Å². The average molecular weight is 358 g/mol. The summed E-state index contributed by atoms with van der Waals surface area (Å²) in [7, 11) is 1.64. The number of carbonyl (C=O) groups excluding carboxylic acids is 2. The van der Waals surface area contributed by atoms with Crippen LogP contribution in [0.5, 0.6) is 0 Å². The number of likely N-dealkylation sites (tertiary alicyclic amines) is 1. The molecule has 0 spiro atoms. The minimum Gasteiger partial charge on any atom is -0.341 e. The predicted octanol–water partition coefficient (Wildman–Crippen LogP) is 1.28. The van der Waals surface area contributed by atoms with Gasteiger partial charge < -0.3 is 19.6 Å². The highest BCUT2D eigenvalue weighted by Gasteiger charge is 2.30. The smallest absolute Gasteiger partial charge is 0.317 e. The molecule has 1 atom stereocenters. The molecule has 1 aliphatic rings. The molecule has 1 aliphatic heterocycles. The van der Waals surface area contributed by atoms with Crippen molar-refractivity contribution in [3.63, 3.8) is 0 Å². The van der Waals surface area contributed by atoms with Crippen LogP contribution in [0.2, 0.25) is 0 Å². The van der Waals surface area contributed by atoms with E-state index in [0.717, 1.165) is 13.0 Å². The Morgan fingerprint density at radius 1 is 1.46 bits per heavy atom. The lowest BCUT2D eigenvalue weighted by Gasteiger charge is -2.20. The second-order valence-corrected chi connectivity index (χ2v) is 6.27. The Balaban J connectivity index is 1.53. The van der Waals surface area contributed by atoms with Gasteiger partial charge in [-0.3, -0.25) is 9.78 Å². The first-order valence-corrected chi connectivity index (χ1v) is 8.60. The highest BCUT2D eigenvalue weighted by Crippen LogP contribution is 2.14. The first kappa shape index (κ1) is 17.8. The summed E-state index contributed by atoms with van der Waals surface area (Å²) in [5.41, 5.74) is 0.607. The zero-order valence-electron chi connectivity index (χ0n) is 14.9. The van der Waals surface area contributed by atoms with E-state index < -0.39 is 0 Å². The van der Waals surface area contributed by atoms with Gasteiger partial charge in [0, 0.05) is 32.8 Å². The molecule has 0 aliphatic carbocycles. The van der Waals surface area contributed by atoms with Crippen LogP contribution in [0, 0.1) is 0 Å². The Morgan fingerprint density at radius 2 is 2.31 bits per heavy atom. The van der Waals surface area contributed by atoms with Crippen molar-refractivity contribution in [2.75, 3.05) is 20.1 Å². The predicted molar refractivity (Wildman–Crippen MR) is 92.8 cm³/mol. The maximum atomic E-state index is 12.3. The van der Waals surface area contributed by atoms with Crippen LogP contribution in [0.15, 0.2) is 28.9 Å². The summed E-state index contributed by atoms with van der Waals surface area (Å²) >= 11 is 0. The van der Waals surface area contributed by atoms with Gasteiger partial charge in [0.25, 0.3) is 0 Å². The molecule has 0 bridgehead atoms. The number of pyridine rings is 1. The molecule has 0 unspecified atom stereocenters. The summed E-state index contributed by atoms with van der Waals surface area (Å²) in [5, 5.41) is 6.76. The fourth-order valence-corrected chi connectivity index (χ4v) is 2.83. The zero-order valence-corrected chi connectivity index (χ0v) is 14.9. The van der Waals surface area contributed by atoms with Gasteiger partial charge in [-0.15, -0.1) is 0 Å². The Kier molecular flexibility index (Phi) is 5.45. The number of nitrogens with zero attached hydrogens (tertiary/aromatic N) is 5. The molecular formula is C17H22N6O3. The average Bonchev–Trinajstić information content (AvgIpc) is 3.23. The molecule has 3 heterocycles. The van der Waals surface area contributed by atoms with E-state index in [1.54, 1.807) is 30.3 Å². The van der Waals surface area contributed by atoms with Crippen LogP contribution >= 0.6 is 0 Å². The van der Waals surface area contributed by atoms with Gasteiger partial charge in [-0.25, -0.2) is 4.79 Å². The van der Waals surface area contributed by atoms with Gasteiger partial charge in [-0.05, 0) is 18.6 Å². The van der Waals surface area contributed by atoms with E-state index >= 15 is 0 Å². The summed E-state index contributed by atoms with van der Waals surface area (Å²) in [5.74, 6) is 0.779. The van der Waals surface area contributed by atoms with E-state index in [1.807, 2.05) is 13.0 Å². The molecule has 1 fully saturated rings. The molecule has 2 aromatic heterocycles. The minimum absolute atomic E-state index is 0.0803. The third-order valence-electron chi connectivity index (χ3n) is 4.12. The van der Waals surface area contributed by atoms with Gasteiger partial charge in [0.05, 0.1) is 6.04 Å². The number of hydrogen-bond donors (Lipinski definition) is 1. The lowest BCUT2D eigenvalue weighted by Crippen LogP contribution is -2.44. The highest BCUT2D eigenvalue weighted by atomic mass is 16.5. The van der Waals surface area contributed by atoms with Gasteiger partial charge >= 0.3 is 6.03 Å². The van der Waals surface area contributed by atoms with Gasteiger partial charge in [-0.1, -0.05) is 18.1 Å². The van der Waals surface area contributed by atoms with Crippen molar-refractivity contribution in [3.05, 3.63) is 30.3 Å². The highest BCUT2D eigenvalue weighted by molar-refractivity contribution is 5.81. The molecule has 138 valence electrons. The normalized spacial score (nSPS) is 16.8. The molecule has 2 aromatic rings. The van der Waals surface area contributed by atoms with Crippen molar-refractivity contribution in [3.8, 4) is 11.5 Å². The zero-order chi connectivity index (χ0) is 18.5. The second-order valence-electron chi connectivity index (χ2n) is 6.27. The molecule has 3 rings (SSSR count). The van der Waals surface area contributed by atoms with Crippen LogP contribution in [-0.2, 0) is 11.3 Å². The number of hydrogen-bond acceptors (Lipinski definition) is 6. The Hall–Kier alpha value is -2.97. The summed E-state index contributed by atoms with van der Waals surface area (Å²) in [4.78, 5) is 35.9. The third kappa shape index (κ3) is 4.16. The van der Waals surface area contributed by atoms with Crippen LogP contribution in [0.3, 0.4) is 0 Å². The quantitative estimate of drug-likeness (QED) is 0.834. The maximum absolute atomic E-state index is 12.3. The molecule has 9 heteroatoms. The summed E-state index contributed by atoms with van der Waals surface area (Å²) < 4.78 is 5.19. The van der Waals surface area contributed by atoms with Crippen LogP contribution in [0.1, 0.15) is 25.7 Å². The fourth-order valence-electron chi connectivity index (χ4n) is 2.83. The van der Waals surface area contributed by atoms with Gasteiger partial charge in [0.2, 0.25) is 17.6 Å². The molecule has 1 saturated heterocycles. The number of nitrogens with one attached hydrogen (secondary N) is 1. The summed E-state index contributed by atoms with van der Waals surface area (Å²) in [6, 6.07) is 4.97. The molecule has 1 N–H and O–H groups in total. The van der Waals surface area contributed by atoms with Crippen molar-refractivity contribution in [2.45, 2.75) is 32.4 Å². The Morgan fingerprint density at radius 3 is 3.04 bits per heavy atom. The van der Waals surface area contributed by atoms with E-state index in [2.05, 4.69) is 20.4 Å². The molecule has 0 saturated carbocycles. The van der Waals surface area contributed by atoms with E-state index in [9.17, 15) is 9.59 Å². The number of amides is 3. The van der Waals surface area contributed by atoms with Crippen molar-refractivity contribution in [1.82, 2.24) is 30.2 Å². The van der Waals surface area contributed by atoms with Crippen molar-refractivity contribution in [2.24, 2.45) is 0 Å². The topological polar surface area (TPSA) is 104 Å². The van der Waals surface area contributed by atoms with E-state index in [1.165, 1.54) is 4.90 Å². The standard InChI is InChI=1S/C17H22N6O3/c1-3-8-23-10-12(9-15(23)24)19-17(25)22(2)11-14-20-16(21-26-14)13-6-4-5-7-18-13/h4-7,12H,3,8-11H2,1-2H3,(H,19,25)/t12-/m1/s1. The van der Waals surface area contributed by atoms with Gasteiger partial charge in [0.1, 0.15) is 12.2 Å². The number of carbonyl (C=O) groups is 2. The summed E-state index contributed by atoms with van der Waals surface area (Å²) in [6.07, 6.45) is 2.89. The van der Waals surface area contributed by atoms with Crippen molar-refractivity contribution >= 4 is 11.9 Å². The van der Waals surface area contributed by atoms with E-state index in [-0.39, 0.29) is 24.5 Å². The van der Waals surface area contributed by atoms with Crippen LogP contribution in [-0.4, -0.2) is 63.0 Å². The lowest BCUT2D eigenvalue weighted by atomic mass is 10.2. The number of urea groups is 1. The number of aromatic nitrogens is 3.